The maximum absolute atomic E-state index is 4.27. The fraction of sp³-hybridized carbons (Fsp3) is 0.385. The first-order chi connectivity index (χ1) is 7.86. The number of thiazole rings is 1. The number of aromatic nitrogens is 2. The van der Waals surface area contributed by atoms with Gasteiger partial charge in [0.05, 0.1) is 5.69 Å². The summed E-state index contributed by atoms with van der Waals surface area (Å²) in [5.74, 6) is 0. The number of aryl methyl sites for hydroxylation is 1. The lowest BCUT2D eigenvalue weighted by Gasteiger charge is -1.94. The molecule has 2 rings (SSSR count). The monoisotopic (exact) mass is 236 g/mol. The topological polar surface area (TPSA) is 25.8 Å². The summed E-state index contributed by atoms with van der Waals surface area (Å²) in [6, 6.07) is 4.04. The molecule has 16 heavy (non-hydrogen) atoms. The van der Waals surface area contributed by atoms with Crippen LogP contribution in [0.5, 0.6) is 0 Å². The zero-order valence-electron chi connectivity index (χ0n) is 10.7. The van der Waals surface area contributed by atoms with Gasteiger partial charge in [0.1, 0.15) is 5.01 Å². The summed E-state index contributed by atoms with van der Waals surface area (Å²) in [6.07, 6.45) is 3.65. The van der Waals surface area contributed by atoms with Crippen molar-refractivity contribution in [2.24, 2.45) is 0 Å². The zero-order valence-corrected chi connectivity index (χ0v) is 11.5. The van der Waals surface area contributed by atoms with Crippen molar-refractivity contribution in [2.75, 3.05) is 0 Å². The van der Waals surface area contributed by atoms with Crippen molar-refractivity contribution < 1.29 is 0 Å². The highest BCUT2D eigenvalue weighted by atomic mass is 32.1. The standard InChI is InChI=1S/C9H8N2S.2C2H6/c1-7-2-3-8(11-6-7)9-10-4-5-12-9;2*1-2/h2-6H,1H3;2*1-2H3. The Morgan fingerprint density at radius 1 is 1.00 bits per heavy atom. The summed E-state index contributed by atoms with van der Waals surface area (Å²) in [6.45, 7) is 10.0. The normalized spacial score (nSPS) is 8.31. The van der Waals surface area contributed by atoms with Crippen LogP contribution in [0.2, 0.25) is 0 Å². The van der Waals surface area contributed by atoms with Crippen molar-refractivity contribution in [3.8, 4) is 10.7 Å². The van der Waals surface area contributed by atoms with Gasteiger partial charge in [-0.05, 0) is 18.6 Å². The van der Waals surface area contributed by atoms with Gasteiger partial charge in [0.2, 0.25) is 0 Å². The van der Waals surface area contributed by atoms with Gasteiger partial charge in [-0.2, -0.15) is 0 Å². The summed E-state index contributed by atoms with van der Waals surface area (Å²) in [4.78, 5) is 8.44. The Hall–Kier alpha value is -1.22. The van der Waals surface area contributed by atoms with Crippen LogP contribution in [0.4, 0.5) is 0 Å². The van der Waals surface area contributed by atoms with Gasteiger partial charge in [-0.15, -0.1) is 11.3 Å². The Balaban J connectivity index is 0.000000509. The van der Waals surface area contributed by atoms with E-state index in [4.69, 9.17) is 0 Å². The molecule has 2 aromatic rings. The molecule has 0 spiro atoms. The van der Waals surface area contributed by atoms with Gasteiger partial charge in [0, 0.05) is 17.8 Å². The number of hydrogen-bond donors (Lipinski definition) is 0. The van der Waals surface area contributed by atoms with Gasteiger partial charge in [-0.25, -0.2) is 4.98 Å². The third kappa shape index (κ3) is 4.53. The van der Waals surface area contributed by atoms with Crippen molar-refractivity contribution in [1.82, 2.24) is 9.97 Å². The second kappa shape index (κ2) is 9.04. The Labute approximate surface area is 102 Å². The lowest BCUT2D eigenvalue weighted by Crippen LogP contribution is -1.81. The summed E-state index contributed by atoms with van der Waals surface area (Å²) in [7, 11) is 0. The van der Waals surface area contributed by atoms with E-state index in [9.17, 15) is 0 Å². The molecule has 0 saturated carbocycles. The van der Waals surface area contributed by atoms with Crippen LogP contribution in [0.1, 0.15) is 33.3 Å². The van der Waals surface area contributed by atoms with Crippen LogP contribution in [0.3, 0.4) is 0 Å². The molecule has 0 atom stereocenters. The molecule has 88 valence electrons. The molecule has 3 heteroatoms. The molecule has 0 aliphatic carbocycles. The minimum Gasteiger partial charge on any atom is -0.253 e. The van der Waals surface area contributed by atoms with Crippen LogP contribution >= 0.6 is 11.3 Å². The van der Waals surface area contributed by atoms with E-state index in [1.807, 2.05) is 58.3 Å². The lowest BCUT2D eigenvalue weighted by atomic mass is 10.3. The summed E-state index contributed by atoms with van der Waals surface area (Å²) < 4.78 is 0. The molecule has 2 heterocycles. The summed E-state index contributed by atoms with van der Waals surface area (Å²) in [5, 5.41) is 2.94. The van der Waals surface area contributed by atoms with Crippen LogP contribution in [0.15, 0.2) is 29.9 Å². The van der Waals surface area contributed by atoms with E-state index < -0.39 is 0 Å². The molecule has 2 aromatic heterocycles. The highest BCUT2D eigenvalue weighted by Crippen LogP contribution is 2.18. The molecular weight excluding hydrogens is 216 g/mol. The average molecular weight is 236 g/mol. The van der Waals surface area contributed by atoms with E-state index in [2.05, 4.69) is 9.97 Å². The molecule has 2 nitrogen and oxygen atoms in total. The van der Waals surface area contributed by atoms with Crippen molar-refractivity contribution in [3.63, 3.8) is 0 Å². The maximum Gasteiger partial charge on any atom is 0.141 e. The SMILES string of the molecule is CC.CC.Cc1ccc(-c2nccs2)nc1. The van der Waals surface area contributed by atoms with Gasteiger partial charge < -0.3 is 0 Å². The molecule has 0 fully saturated rings. The van der Waals surface area contributed by atoms with Gasteiger partial charge in [-0.1, -0.05) is 33.8 Å². The molecule has 0 saturated heterocycles. The quantitative estimate of drug-likeness (QED) is 0.725. The minimum absolute atomic E-state index is 0.954. The highest BCUT2D eigenvalue weighted by Gasteiger charge is 1.99. The number of pyridine rings is 1. The fourth-order valence-electron chi connectivity index (χ4n) is 0.944. The molecule has 0 amide bonds. The predicted octanol–water partition coefficient (Wildman–Crippen LogP) is 4.57. The van der Waals surface area contributed by atoms with E-state index in [-0.39, 0.29) is 0 Å². The van der Waals surface area contributed by atoms with E-state index in [1.54, 1.807) is 17.5 Å². The van der Waals surface area contributed by atoms with Crippen molar-refractivity contribution >= 4 is 11.3 Å². The number of hydrogen-bond acceptors (Lipinski definition) is 3. The molecule has 0 unspecified atom stereocenters. The smallest absolute Gasteiger partial charge is 0.141 e. The first-order valence-corrected chi connectivity index (χ1v) is 6.57. The van der Waals surface area contributed by atoms with Crippen LogP contribution in [-0.4, -0.2) is 9.97 Å². The molecule has 0 bridgehead atoms. The van der Waals surface area contributed by atoms with E-state index >= 15 is 0 Å². The van der Waals surface area contributed by atoms with E-state index in [1.165, 1.54) is 5.56 Å². The van der Waals surface area contributed by atoms with Crippen LogP contribution in [0.25, 0.3) is 10.7 Å². The van der Waals surface area contributed by atoms with Crippen molar-refractivity contribution in [3.05, 3.63) is 35.5 Å². The van der Waals surface area contributed by atoms with Crippen LogP contribution in [-0.2, 0) is 0 Å². The largest absolute Gasteiger partial charge is 0.253 e. The second-order valence-electron chi connectivity index (χ2n) is 2.56. The average Bonchev–Trinajstić information content (AvgIpc) is 2.89. The Morgan fingerprint density at radius 3 is 2.12 bits per heavy atom. The molecule has 0 aromatic carbocycles. The Bertz CT molecular complexity index is 352. The van der Waals surface area contributed by atoms with Crippen molar-refractivity contribution in [1.29, 1.82) is 0 Å². The fourth-order valence-corrected chi connectivity index (χ4v) is 1.56. The number of rotatable bonds is 1. The maximum atomic E-state index is 4.27. The molecule has 0 aliphatic heterocycles. The molecular formula is C13H20N2S. The first-order valence-electron chi connectivity index (χ1n) is 5.69. The number of nitrogens with zero attached hydrogens (tertiary/aromatic N) is 2. The van der Waals surface area contributed by atoms with Gasteiger partial charge in [0.15, 0.2) is 0 Å². The van der Waals surface area contributed by atoms with Gasteiger partial charge >= 0.3 is 0 Å². The van der Waals surface area contributed by atoms with E-state index in [0.717, 1.165) is 10.7 Å². The highest BCUT2D eigenvalue weighted by molar-refractivity contribution is 7.13. The second-order valence-corrected chi connectivity index (χ2v) is 3.45. The summed E-state index contributed by atoms with van der Waals surface area (Å²) >= 11 is 1.61. The molecule has 0 N–H and O–H groups in total. The predicted molar refractivity (Wildman–Crippen MR) is 72.8 cm³/mol. The Morgan fingerprint density at radius 2 is 1.69 bits per heavy atom. The van der Waals surface area contributed by atoms with Gasteiger partial charge in [-0.3, -0.25) is 4.98 Å². The molecule has 0 aliphatic rings. The van der Waals surface area contributed by atoms with Crippen LogP contribution in [0, 0.1) is 6.92 Å². The third-order valence-corrected chi connectivity index (χ3v) is 2.36. The van der Waals surface area contributed by atoms with Gasteiger partial charge in [0.25, 0.3) is 0 Å². The first kappa shape index (κ1) is 14.8. The summed E-state index contributed by atoms with van der Waals surface area (Å²) in [5.41, 5.74) is 2.13. The van der Waals surface area contributed by atoms with Crippen LogP contribution < -0.4 is 0 Å². The molecule has 0 radical (unpaired) electrons. The minimum atomic E-state index is 0.954. The third-order valence-electron chi connectivity index (χ3n) is 1.56. The lowest BCUT2D eigenvalue weighted by molar-refractivity contribution is 1.25. The van der Waals surface area contributed by atoms with E-state index in [0.29, 0.717) is 0 Å². The zero-order chi connectivity index (χ0) is 12.4. The Kier molecular flexibility index (Phi) is 8.35. The van der Waals surface area contributed by atoms with Crippen molar-refractivity contribution in [2.45, 2.75) is 34.6 Å².